The number of nitrogens with zero attached hydrogens (tertiary/aromatic N) is 5. The number of hydrogen-bond acceptors (Lipinski definition) is 7. The third-order valence-corrected chi connectivity index (χ3v) is 8.16. The minimum Gasteiger partial charge on any atom is -0.490 e. The number of rotatable bonds is 6. The van der Waals surface area contributed by atoms with Crippen LogP contribution in [-0.4, -0.2) is 50.8 Å². The summed E-state index contributed by atoms with van der Waals surface area (Å²) in [5, 5.41) is 9.28. The Labute approximate surface area is 265 Å². The van der Waals surface area contributed by atoms with Crippen LogP contribution < -0.4 is 10.3 Å². The lowest BCUT2D eigenvalue weighted by Crippen LogP contribution is -2.42. The van der Waals surface area contributed by atoms with Crippen LogP contribution in [-0.2, 0) is 17.2 Å². The van der Waals surface area contributed by atoms with Crippen molar-refractivity contribution in [3.05, 3.63) is 99.7 Å². The Morgan fingerprint density at radius 1 is 1.04 bits per heavy atom. The molecular formula is C35H33F2N5O4. The highest BCUT2D eigenvalue weighted by molar-refractivity contribution is 5.79. The van der Waals surface area contributed by atoms with E-state index in [0.717, 1.165) is 17.4 Å². The number of carbonyl (C=O) groups is 1. The first-order valence-corrected chi connectivity index (χ1v) is 15.1. The molecule has 3 heterocycles. The zero-order valence-corrected chi connectivity index (χ0v) is 25.8. The second kappa shape index (κ2) is 12.0. The first kappa shape index (κ1) is 30.9. The van der Waals surface area contributed by atoms with Gasteiger partial charge in [-0.05, 0) is 74.9 Å². The Kier molecular flexibility index (Phi) is 8.06. The summed E-state index contributed by atoms with van der Waals surface area (Å²) in [6, 6.07) is 15.8. The fourth-order valence-electron chi connectivity index (χ4n) is 5.88. The van der Waals surface area contributed by atoms with Crippen LogP contribution in [0.5, 0.6) is 5.75 Å². The molecule has 0 bridgehead atoms. The fourth-order valence-corrected chi connectivity index (χ4v) is 5.88. The van der Waals surface area contributed by atoms with Crippen LogP contribution in [0.25, 0.3) is 22.5 Å². The van der Waals surface area contributed by atoms with Crippen LogP contribution in [0.3, 0.4) is 0 Å². The quantitative estimate of drug-likeness (QED) is 0.245. The molecule has 1 aliphatic heterocycles. The molecule has 2 aromatic carbocycles. The third-order valence-electron chi connectivity index (χ3n) is 8.16. The summed E-state index contributed by atoms with van der Waals surface area (Å²) in [6.07, 6.45) is 4.49. The Balaban J connectivity index is 1.12. The molecule has 4 aromatic rings. The van der Waals surface area contributed by atoms with E-state index in [-0.39, 0.29) is 46.5 Å². The Morgan fingerprint density at radius 2 is 1.78 bits per heavy atom. The van der Waals surface area contributed by atoms with E-state index in [2.05, 4.69) is 9.97 Å². The van der Waals surface area contributed by atoms with Crippen molar-refractivity contribution in [2.24, 2.45) is 5.92 Å². The number of likely N-dealkylation sites (tertiary alicyclic amines) is 1. The molecule has 0 saturated carbocycles. The summed E-state index contributed by atoms with van der Waals surface area (Å²) in [7, 11) is 0. The molecule has 0 N–H and O–H groups in total. The zero-order valence-electron chi connectivity index (χ0n) is 25.8. The fraction of sp³-hybridized carbons (Fsp3) is 0.343. The van der Waals surface area contributed by atoms with E-state index in [9.17, 15) is 14.9 Å². The molecular weight excluding hydrogens is 592 g/mol. The summed E-state index contributed by atoms with van der Waals surface area (Å²) in [5.41, 5.74) is 0.355. The van der Waals surface area contributed by atoms with Crippen LogP contribution in [0.1, 0.15) is 56.0 Å². The predicted molar refractivity (Wildman–Crippen MR) is 166 cm³/mol. The van der Waals surface area contributed by atoms with Crippen LogP contribution in [0.15, 0.2) is 71.8 Å². The molecule has 11 heteroatoms. The average Bonchev–Trinajstić information content (AvgIpc) is 3.26. The van der Waals surface area contributed by atoms with Gasteiger partial charge in [-0.15, -0.1) is 0 Å². The van der Waals surface area contributed by atoms with Crippen molar-refractivity contribution >= 4 is 6.09 Å². The normalized spacial score (nSPS) is 15.5. The molecule has 0 unspecified atom stereocenters. The first-order valence-electron chi connectivity index (χ1n) is 15.1. The molecule has 6 rings (SSSR count). The molecule has 0 radical (unpaired) electrons. The predicted octanol–water partition coefficient (Wildman–Crippen LogP) is 6.37. The lowest BCUT2D eigenvalue weighted by Gasteiger charge is -2.33. The number of ether oxygens (including phenoxy) is 2. The number of pyridine rings is 1. The molecule has 9 nitrogen and oxygen atoms in total. The molecule has 1 aliphatic carbocycles. The van der Waals surface area contributed by atoms with Crippen molar-refractivity contribution in [3.63, 3.8) is 0 Å². The van der Waals surface area contributed by atoms with Crippen LogP contribution in [0.2, 0.25) is 0 Å². The molecule has 0 atom stereocenters. The number of hydrogen-bond donors (Lipinski definition) is 0. The van der Waals surface area contributed by atoms with Crippen LogP contribution >= 0.6 is 0 Å². The van der Waals surface area contributed by atoms with Gasteiger partial charge in [0.1, 0.15) is 11.3 Å². The van der Waals surface area contributed by atoms with E-state index in [4.69, 9.17) is 9.47 Å². The van der Waals surface area contributed by atoms with Crippen molar-refractivity contribution in [2.45, 2.75) is 51.7 Å². The van der Waals surface area contributed by atoms with Crippen LogP contribution in [0, 0.1) is 17.2 Å². The van der Waals surface area contributed by atoms with Gasteiger partial charge < -0.3 is 18.9 Å². The highest BCUT2D eigenvalue weighted by Gasteiger charge is 2.47. The van der Waals surface area contributed by atoms with E-state index < -0.39 is 17.1 Å². The van der Waals surface area contributed by atoms with Crippen LogP contribution in [0.4, 0.5) is 13.6 Å². The number of benzene rings is 2. The van der Waals surface area contributed by atoms with Gasteiger partial charge in [-0.25, -0.2) is 14.8 Å². The number of carbonyl (C=O) groups excluding carboxylic acids is 1. The van der Waals surface area contributed by atoms with Gasteiger partial charge in [-0.3, -0.25) is 4.79 Å². The second-order valence-electron chi connectivity index (χ2n) is 12.6. The number of halogens is 2. The van der Waals surface area contributed by atoms with Gasteiger partial charge in [0.25, 0.3) is 5.56 Å². The van der Waals surface area contributed by atoms with Gasteiger partial charge in [0.05, 0.1) is 37.2 Å². The number of amides is 1. The van der Waals surface area contributed by atoms with E-state index in [1.54, 1.807) is 35.5 Å². The maximum atomic E-state index is 15.7. The third kappa shape index (κ3) is 6.20. The minimum atomic E-state index is -3.40. The van der Waals surface area contributed by atoms with E-state index in [1.807, 2.05) is 32.9 Å². The van der Waals surface area contributed by atoms with Gasteiger partial charge in [0.2, 0.25) is 0 Å². The molecule has 0 spiro atoms. The number of piperidine rings is 1. The number of alkyl halides is 2. The van der Waals surface area contributed by atoms with Gasteiger partial charge in [-0.1, -0.05) is 24.3 Å². The SMILES string of the molecule is CC(C)(C)OC(=O)N1CCC(COc2cnc(-c3cccc(Cn4c5c(ccc4=O)-c4cc(C#N)ccc4C5(F)F)c3)nc2)CC1. The molecule has 2 aromatic heterocycles. The van der Waals surface area contributed by atoms with Gasteiger partial charge in [0.15, 0.2) is 11.6 Å². The van der Waals surface area contributed by atoms with Gasteiger partial charge in [-0.2, -0.15) is 14.0 Å². The summed E-state index contributed by atoms with van der Waals surface area (Å²) in [5.74, 6) is -2.17. The molecule has 46 heavy (non-hydrogen) atoms. The minimum absolute atomic E-state index is 0.0848. The highest BCUT2D eigenvalue weighted by atomic mass is 19.3. The van der Waals surface area contributed by atoms with Crippen molar-refractivity contribution in [2.75, 3.05) is 19.7 Å². The number of nitriles is 1. The number of aromatic nitrogens is 3. The van der Waals surface area contributed by atoms with Gasteiger partial charge in [0, 0.05) is 35.8 Å². The first-order chi connectivity index (χ1) is 21.9. The maximum absolute atomic E-state index is 15.7. The monoisotopic (exact) mass is 625 g/mol. The second-order valence-corrected chi connectivity index (χ2v) is 12.6. The number of fused-ring (bicyclic) bond motifs is 3. The molecule has 1 amide bonds. The van der Waals surface area contributed by atoms with Gasteiger partial charge >= 0.3 is 12.0 Å². The molecule has 1 saturated heterocycles. The van der Waals surface area contributed by atoms with E-state index in [1.165, 1.54) is 30.3 Å². The van der Waals surface area contributed by atoms with E-state index in [0.29, 0.717) is 42.4 Å². The lowest BCUT2D eigenvalue weighted by atomic mass is 9.98. The highest BCUT2D eigenvalue weighted by Crippen LogP contribution is 2.50. The molecule has 1 fully saturated rings. The standard InChI is InChI=1S/C35H33F2N5O4/c1-34(2,3)46-33(44)41-13-11-22(12-14-41)21-45-26-18-39-32(40-19-26)25-6-4-5-24(15-25)20-42-30(43)10-8-27-28-16-23(17-38)7-9-29(28)35(36,37)31(27)42/h4-10,15-16,18-19,22H,11-14,20-21H2,1-3H3. The smallest absolute Gasteiger partial charge is 0.410 e. The lowest BCUT2D eigenvalue weighted by molar-refractivity contribution is 0.0164. The van der Waals surface area contributed by atoms with Crippen molar-refractivity contribution in [1.82, 2.24) is 19.4 Å². The Hall–Kier alpha value is -5.11. The Morgan fingerprint density at radius 3 is 2.48 bits per heavy atom. The topological polar surface area (TPSA) is 110 Å². The summed E-state index contributed by atoms with van der Waals surface area (Å²) in [4.78, 5) is 35.9. The summed E-state index contributed by atoms with van der Waals surface area (Å²) < 4.78 is 43.9. The average molecular weight is 626 g/mol. The largest absolute Gasteiger partial charge is 0.490 e. The maximum Gasteiger partial charge on any atom is 0.410 e. The summed E-state index contributed by atoms with van der Waals surface area (Å²) in [6.45, 7) is 7.17. The molecule has 236 valence electrons. The van der Waals surface area contributed by atoms with Crippen molar-refractivity contribution < 1.29 is 23.0 Å². The summed E-state index contributed by atoms with van der Waals surface area (Å²) >= 11 is 0. The van der Waals surface area contributed by atoms with Crippen molar-refractivity contribution in [1.29, 1.82) is 5.26 Å². The molecule has 2 aliphatic rings. The Bertz CT molecular complexity index is 1890. The van der Waals surface area contributed by atoms with Crippen molar-refractivity contribution in [3.8, 4) is 34.3 Å². The van der Waals surface area contributed by atoms with E-state index >= 15 is 8.78 Å². The zero-order chi connectivity index (χ0) is 32.6.